The van der Waals surface area contributed by atoms with Gasteiger partial charge in [-0.1, -0.05) is 18.2 Å². The van der Waals surface area contributed by atoms with E-state index in [4.69, 9.17) is 4.74 Å². The molecule has 0 aliphatic heterocycles. The van der Waals surface area contributed by atoms with Gasteiger partial charge in [-0.3, -0.25) is 4.79 Å². The SMILES string of the molecule is CCOC(=O)c1nn(CC)c(=O)c2nn(-c3ccccc3)c(C)c12. The fourth-order valence-corrected chi connectivity index (χ4v) is 2.65. The van der Waals surface area contributed by atoms with E-state index >= 15 is 0 Å². The molecule has 0 atom stereocenters. The predicted molar refractivity (Wildman–Crippen MR) is 89.5 cm³/mol. The summed E-state index contributed by atoms with van der Waals surface area (Å²) < 4.78 is 7.97. The predicted octanol–water partition coefficient (Wildman–Crippen LogP) is 2.09. The Morgan fingerprint density at radius 2 is 1.88 bits per heavy atom. The number of rotatable bonds is 4. The number of fused-ring (bicyclic) bond motifs is 1. The maximum atomic E-state index is 12.6. The summed E-state index contributed by atoms with van der Waals surface area (Å²) >= 11 is 0. The molecule has 3 rings (SSSR count). The highest BCUT2D eigenvalue weighted by Crippen LogP contribution is 2.22. The van der Waals surface area contributed by atoms with E-state index in [2.05, 4.69) is 10.2 Å². The Hall–Kier alpha value is -2.96. The molecule has 0 unspecified atom stereocenters. The van der Waals surface area contributed by atoms with Crippen molar-refractivity contribution >= 4 is 16.9 Å². The highest BCUT2D eigenvalue weighted by molar-refractivity contribution is 6.02. The van der Waals surface area contributed by atoms with Crippen molar-refractivity contribution < 1.29 is 9.53 Å². The van der Waals surface area contributed by atoms with Crippen LogP contribution in [-0.2, 0) is 11.3 Å². The Morgan fingerprint density at radius 1 is 1.17 bits per heavy atom. The van der Waals surface area contributed by atoms with Gasteiger partial charge in [0.1, 0.15) is 0 Å². The number of carbonyl (C=O) groups is 1. The van der Waals surface area contributed by atoms with Crippen LogP contribution in [0.3, 0.4) is 0 Å². The molecule has 3 aromatic rings. The lowest BCUT2D eigenvalue weighted by atomic mass is 10.2. The molecule has 0 fully saturated rings. The van der Waals surface area contributed by atoms with Crippen LogP contribution >= 0.6 is 0 Å². The Morgan fingerprint density at radius 3 is 2.50 bits per heavy atom. The number of aryl methyl sites for hydroxylation is 2. The van der Waals surface area contributed by atoms with E-state index in [1.165, 1.54) is 4.68 Å². The third kappa shape index (κ3) is 2.47. The minimum absolute atomic E-state index is 0.119. The summed E-state index contributed by atoms with van der Waals surface area (Å²) in [6, 6.07) is 9.44. The van der Waals surface area contributed by atoms with Crippen molar-refractivity contribution in [2.45, 2.75) is 27.3 Å². The van der Waals surface area contributed by atoms with Crippen molar-refractivity contribution in [3.05, 3.63) is 52.1 Å². The van der Waals surface area contributed by atoms with Crippen LogP contribution in [0.2, 0.25) is 0 Å². The van der Waals surface area contributed by atoms with Gasteiger partial charge in [0.25, 0.3) is 5.56 Å². The molecule has 7 nitrogen and oxygen atoms in total. The number of benzene rings is 1. The van der Waals surface area contributed by atoms with E-state index < -0.39 is 5.97 Å². The molecule has 0 saturated heterocycles. The molecular weight excluding hydrogens is 308 g/mol. The molecule has 0 amide bonds. The van der Waals surface area contributed by atoms with Crippen LogP contribution in [0.25, 0.3) is 16.6 Å². The van der Waals surface area contributed by atoms with Crippen molar-refractivity contribution in [3.63, 3.8) is 0 Å². The highest BCUT2D eigenvalue weighted by atomic mass is 16.5. The topological polar surface area (TPSA) is 79.0 Å². The molecule has 0 bridgehead atoms. The first-order valence-electron chi connectivity index (χ1n) is 7.81. The normalized spacial score (nSPS) is 11.0. The number of esters is 1. The van der Waals surface area contributed by atoms with Gasteiger partial charge in [-0.15, -0.1) is 0 Å². The summed E-state index contributed by atoms with van der Waals surface area (Å²) in [6.07, 6.45) is 0. The fraction of sp³-hybridized carbons (Fsp3) is 0.294. The Kier molecular flexibility index (Phi) is 4.16. The molecule has 0 spiro atoms. The molecular formula is C17H18N4O3. The van der Waals surface area contributed by atoms with Crippen LogP contribution in [0.1, 0.15) is 30.0 Å². The van der Waals surface area contributed by atoms with Gasteiger partial charge >= 0.3 is 5.97 Å². The highest BCUT2D eigenvalue weighted by Gasteiger charge is 2.23. The van der Waals surface area contributed by atoms with Gasteiger partial charge in [0.2, 0.25) is 0 Å². The van der Waals surface area contributed by atoms with Crippen molar-refractivity contribution in [2.24, 2.45) is 0 Å². The summed E-state index contributed by atoms with van der Waals surface area (Å²) in [5.41, 5.74) is 1.50. The van der Waals surface area contributed by atoms with Gasteiger partial charge in [0.15, 0.2) is 11.2 Å². The first-order chi connectivity index (χ1) is 11.6. The zero-order valence-corrected chi connectivity index (χ0v) is 13.8. The number of aromatic nitrogens is 4. The van der Waals surface area contributed by atoms with E-state index in [1.54, 1.807) is 18.5 Å². The Balaban J connectivity index is 2.36. The molecule has 1 aromatic carbocycles. The lowest BCUT2D eigenvalue weighted by Crippen LogP contribution is -2.26. The average Bonchev–Trinajstić information content (AvgIpc) is 2.94. The molecule has 24 heavy (non-hydrogen) atoms. The van der Waals surface area contributed by atoms with E-state index in [0.717, 1.165) is 5.69 Å². The molecule has 124 valence electrons. The van der Waals surface area contributed by atoms with E-state index in [-0.39, 0.29) is 23.4 Å². The smallest absolute Gasteiger partial charge is 0.359 e. The fourth-order valence-electron chi connectivity index (χ4n) is 2.65. The zero-order chi connectivity index (χ0) is 17.3. The number of ether oxygens (including phenoxy) is 1. The molecule has 0 aliphatic carbocycles. The number of para-hydroxylation sites is 1. The zero-order valence-electron chi connectivity index (χ0n) is 13.8. The van der Waals surface area contributed by atoms with Crippen molar-refractivity contribution in [3.8, 4) is 5.69 Å². The minimum Gasteiger partial charge on any atom is -0.461 e. The van der Waals surface area contributed by atoms with Crippen LogP contribution in [0.4, 0.5) is 0 Å². The van der Waals surface area contributed by atoms with Gasteiger partial charge in [0, 0.05) is 6.54 Å². The van der Waals surface area contributed by atoms with Crippen molar-refractivity contribution in [2.75, 3.05) is 6.61 Å². The van der Waals surface area contributed by atoms with E-state index in [0.29, 0.717) is 17.6 Å². The van der Waals surface area contributed by atoms with E-state index in [9.17, 15) is 9.59 Å². The summed E-state index contributed by atoms with van der Waals surface area (Å²) in [7, 11) is 0. The first-order valence-corrected chi connectivity index (χ1v) is 7.81. The second kappa shape index (κ2) is 6.27. The third-order valence-corrected chi connectivity index (χ3v) is 3.78. The lowest BCUT2D eigenvalue weighted by Gasteiger charge is -2.06. The maximum Gasteiger partial charge on any atom is 0.359 e. The van der Waals surface area contributed by atoms with Gasteiger partial charge in [-0.2, -0.15) is 10.2 Å². The summed E-state index contributed by atoms with van der Waals surface area (Å²) in [6.45, 7) is 5.90. The van der Waals surface area contributed by atoms with Crippen LogP contribution in [0.5, 0.6) is 0 Å². The van der Waals surface area contributed by atoms with Gasteiger partial charge in [-0.05, 0) is 32.9 Å². The van der Waals surface area contributed by atoms with Crippen LogP contribution in [0, 0.1) is 6.92 Å². The molecule has 2 heterocycles. The lowest BCUT2D eigenvalue weighted by molar-refractivity contribution is 0.0519. The summed E-state index contributed by atoms with van der Waals surface area (Å²) in [5.74, 6) is -0.555. The van der Waals surface area contributed by atoms with Crippen LogP contribution in [-0.4, -0.2) is 32.1 Å². The van der Waals surface area contributed by atoms with Crippen molar-refractivity contribution in [1.29, 1.82) is 0 Å². The first kappa shape index (κ1) is 15.9. The van der Waals surface area contributed by atoms with Gasteiger partial charge < -0.3 is 4.74 Å². The molecule has 0 N–H and O–H groups in total. The second-order valence-electron chi connectivity index (χ2n) is 5.25. The van der Waals surface area contributed by atoms with Crippen LogP contribution < -0.4 is 5.56 Å². The maximum absolute atomic E-state index is 12.6. The standard InChI is InChI=1S/C17H18N4O3/c1-4-20-16(22)14-13(15(18-20)17(23)24-5-2)11(3)21(19-14)12-9-7-6-8-10-12/h6-10H,4-5H2,1-3H3. The largest absolute Gasteiger partial charge is 0.461 e. The Labute approximate surface area is 138 Å². The monoisotopic (exact) mass is 326 g/mol. The van der Waals surface area contributed by atoms with Gasteiger partial charge in [-0.25, -0.2) is 14.2 Å². The van der Waals surface area contributed by atoms with Crippen LogP contribution in [0.15, 0.2) is 35.1 Å². The van der Waals surface area contributed by atoms with Gasteiger partial charge in [0.05, 0.1) is 23.4 Å². The summed E-state index contributed by atoms with van der Waals surface area (Å²) in [4.78, 5) is 24.9. The molecule has 0 aliphatic rings. The Bertz CT molecular complexity index is 957. The van der Waals surface area contributed by atoms with E-state index in [1.807, 2.05) is 37.3 Å². The third-order valence-electron chi connectivity index (χ3n) is 3.78. The summed E-state index contributed by atoms with van der Waals surface area (Å²) in [5, 5.41) is 9.05. The number of carbonyl (C=O) groups excluding carboxylic acids is 1. The number of nitrogens with zero attached hydrogens (tertiary/aromatic N) is 4. The number of hydrogen-bond donors (Lipinski definition) is 0. The minimum atomic E-state index is -0.555. The molecule has 7 heteroatoms. The van der Waals surface area contributed by atoms with Crippen molar-refractivity contribution in [1.82, 2.24) is 19.6 Å². The molecule has 0 radical (unpaired) electrons. The molecule has 0 saturated carbocycles. The quantitative estimate of drug-likeness (QED) is 0.686. The molecule has 2 aromatic heterocycles. The average molecular weight is 326 g/mol. The second-order valence-corrected chi connectivity index (χ2v) is 5.25. The number of hydrogen-bond acceptors (Lipinski definition) is 5.